The van der Waals surface area contributed by atoms with Crippen LogP contribution in [-0.4, -0.2) is 33.7 Å². The van der Waals surface area contributed by atoms with Gasteiger partial charge >= 0.3 is 5.97 Å². The van der Waals surface area contributed by atoms with E-state index >= 15 is 0 Å². The molecule has 4 rings (SSSR count). The van der Waals surface area contributed by atoms with Crippen LogP contribution in [-0.2, 0) is 16.8 Å². The maximum absolute atomic E-state index is 12.9. The van der Waals surface area contributed by atoms with Crippen molar-refractivity contribution in [3.05, 3.63) is 81.9 Å². The first kappa shape index (κ1) is 19.6. The van der Waals surface area contributed by atoms with Gasteiger partial charge in [-0.3, -0.25) is 9.59 Å². The minimum Gasteiger partial charge on any atom is -0.476 e. The predicted octanol–water partition coefficient (Wildman–Crippen LogP) is 2.98. The van der Waals surface area contributed by atoms with Gasteiger partial charge in [0.1, 0.15) is 6.54 Å². The summed E-state index contributed by atoms with van der Waals surface area (Å²) in [6, 6.07) is 14.3. The van der Waals surface area contributed by atoms with Crippen molar-refractivity contribution in [3.63, 3.8) is 0 Å². The Labute approximate surface area is 172 Å². The summed E-state index contributed by atoms with van der Waals surface area (Å²) in [6.07, 6.45) is 1.52. The monoisotopic (exact) mass is 403 g/mol. The zero-order valence-electron chi connectivity index (χ0n) is 16.9. The van der Waals surface area contributed by atoms with Crippen LogP contribution < -0.4 is 10.5 Å². The Kier molecular flexibility index (Phi) is 4.53. The molecule has 1 N–H and O–H groups in total. The number of anilines is 1. The molecule has 1 aromatic heterocycles. The molecule has 1 aliphatic heterocycles. The molecule has 7 heteroatoms. The largest absolute Gasteiger partial charge is 0.476 e. The number of carboxylic acids is 1. The second kappa shape index (κ2) is 6.95. The Balaban J connectivity index is 1.74. The molecule has 152 valence electrons. The Bertz CT molecular complexity index is 1290. The summed E-state index contributed by atoms with van der Waals surface area (Å²) < 4.78 is 0.931. The highest BCUT2D eigenvalue weighted by Gasteiger charge is 2.38. The molecule has 0 saturated heterocycles. The topological polar surface area (TPSA) is 92.5 Å². The van der Waals surface area contributed by atoms with Gasteiger partial charge in [0.05, 0.1) is 5.39 Å². The Hall–Kier alpha value is -3.74. The Morgan fingerprint density at radius 1 is 1.07 bits per heavy atom. The summed E-state index contributed by atoms with van der Waals surface area (Å²) in [5.41, 5.74) is 1.81. The smallest absolute Gasteiger partial charge is 0.357 e. The quantitative estimate of drug-likeness (QED) is 0.674. The van der Waals surface area contributed by atoms with Gasteiger partial charge in [-0.05, 0) is 17.7 Å². The summed E-state index contributed by atoms with van der Waals surface area (Å²) in [5.74, 6) is -1.59. The minimum absolute atomic E-state index is 0.219. The molecule has 0 atom stereocenters. The molecule has 0 spiro atoms. The van der Waals surface area contributed by atoms with Crippen LogP contribution >= 0.6 is 0 Å². The Morgan fingerprint density at radius 3 is 2.37 bits per heavy atom. The van der Waals surface area contributed by atoms with E-state index in [2.05, 4.69) is 5.10 Å². The maximum Gasteiger partial charge on any atom is 0.357 e. The van der Waals surface area contributed by atoms with Gasteiger partial charge in [-0.1, -0.05) is 50.2 Å². The molecule has 2 aromatic carbocycles. The number of aromatic nitrogens is 2. The summed E-state index contributed by atoms with van der Waals surface area (Å²) in [4.78, 5) is 39.2. The van der Waals surface area contributed by atoms with E-state index in [1.165, 1.54) is 18.2 Å². The van der Waals surface area contributed by atoms with Crippen molar-refractivity contribution in [1.82, 2.24) is 9.78 Å². The van der Waals surface area contributed by atoms with E-state index in [0.717, 1.165) is 21.6 Å². The van der Waals surface area contributed by atoms with Gasteiger partial charge in [-0.15, -0.1) is 0 Å². The number of hydrogen-bond acceptors (Lipinski definition) is 5. The average molecular weight is 403 g/mol. The van der Waals surface area contributed by atoms with Crippen molar-refractivity contribution in [2.75, 3.05) is 11.9 Å². The normalized spacial score (nSPS) is 16.1. The minimum atomic E-state index is -1.25. The van der Waals surface area contributed by atoms with Crippen LogP contribution in [0.3, 0.4) is 0 Å². The highest BCUT2D eigenvalue weighted by Crippen LogP contribution is 2.46. The van der Waals surface area contributed by atoms with Crippen LogP contribution in [0.1, 0.15) is 29.9 Å². The van der Waals surface area contributed by atoms with E-state index in [-0.39, 0.29) is 34.2 Å². The van der Waals surface area contributed by atoms with Gasteiger partial charge in [0.15, 0.2) is 11.5 Å². The number of carbonyl (C=O) groups excluding carboxylic acids is 1. The third-order valence-electron chi connectivity index (χ3n) is 5.61. The van der Waals surface area contributed by atoms with E-state index in [4.69, 9.17) is 0 Å². The molecule has 0 fully saturated rings. The van der Waals surface area contributed by atoms with Gasteiger partial charge < -0.3 is 10.0 Å². The number of aromatic carboxylic acids is 1. The van der Waals surface area contributed by atoms with E-state index < -0.39 is 11.5 Å². The van der Waals surface area contributed by atoms with Crippen LogP contribution in [0, 0.1) is 0 Å². The molecule has 30 heavy (non-hydrogen) atoms. The van der Waals surface area contributed by atoms with Crippen molar-refractivity contribution in [2.45, 2.75) is 25.8 Å². The zero-order valence-corrected chi connectivity index (χ0v) is 16.9. The predicted molar refractivity (Wildman–Crippen MR) is 114 cm³/mol. The lowest BCUT2D eigenvalue weighted by atomic mass is 9.83. The second-order valence-electron chi connectivity index (χ2n) is 7.86. The first-order chi connectivity index (χ1) is 14.2. The maximum atomic E-state index is 12.9. The summed E-state index contributed by atoms with van der Waals surface area (Å²) in [6.45, 7) is 3.74. The fraction of sp³-hybridized carbons (Fsp3) is 0.217. The zero-order chi connectivity index (χ0) is 21.6. The fourth-order valence-electron chi connectivity index (χ4n) is 4.10. The third kappa shape index (κ3) is 2.99. The molecule has 7 nitrogen and oxygen atoms in total. The van der Waals surface area contributed by atoms with E-state index in [9.17, 15) is 19.5 Å². The number of likely N-dealkylation sites (N-methyl/N-ethyl adjacent to an activating group) is 1. The number of carbonyl (C=O) groups is 2. The number of rotatable bonds is 4. The van der Waals surface area contributed by atoms with Crippen molar-refractivity contribution >= 4 is 28.2 Å². The molecule has 1 aliphatic rings. The SMILES string of the molecule is CN1/C(=C\C(=O)Cn2nc(C(=O)O)c3ccccc3c2=O)C(C)(C)c2ccccc21. The van der Waals surface area contributed by atoms with Crippen molar-refractivity contribution in [3.8, 4) is 0 Å². The fourth-order valence-corrected chi connectivity index (χ4v) is 4.10. The lowest BCUT2D eigenvalue weighted by Crippen LogP contribution is -2.30. The van der Waals surface area contributed by atoms with E-state index in [1.54, 1.807) is 12.1 Å². The van der Waals surface area contributed by atoms with Gasteiger partial charge in [0.25, 0.3) is 5.56 Å². The highest BCUT2D eigenvalue weighted by atomic mass is 16.4. The molecular weight excluding hydrogens is 382 g/mol. The number of hydrogen-bond donors (Lipinski definition) is 1. The van der Waals surface area contributed by atoms with Crippen LogP contribution in [0.4, 0.5) is 5.69 Å². The van der Waals surface area contributed by atoms with Crippen molar-refractivity contribution in [1.29, 1.82) is 0 Å². The van der Waals surface area contributed by atoms with Crippen LogP contribution in [0.5, 0.6) is 0 Å². The van der Waals surface area contributed by atoms with E-state index in [1.807, 2.05) is 50.1 Å². The number of nitrogens with zero attached hydrogens (tertiary/aromatic N) is 3. The van der Waals surface area contributed by atoms with Gasteiger partial charge in [0, 0.05) is 35.3 Å². The Morgan fingerprint density at radius 2 is 1.70 bits per heavy atom. The molecule has 0 bridgehead atoms. The summed E-state index contributed by atoms with van der Waals surface area (Å²) >= 11 is 0. The van der Waals surface area contributed by atoms with Crippen molar-refractivity contribution in [2.24, 2.45) is 0 Å². The number of fused-ring (bicyclic) bond motifs is 2. The first-order valence-electron chi connectivity index (χ1n) is 9.53. The molecule has 3 aromatic rings. The van der Waals surface area contributed by atoms with Crippen LogP contribution in [0.25, 0.3) is 10.8 Å². The summed E-state index contributed by atoms with van der Waals surface area (Å²) in [7, 11) is 1.90. The van der Waals surface area contributed by atoms with Gasteiger partial charge in [-0.2, -0.15) is 5.10 Å². The third-order valence-corrected chi connectivity index (χ3v) is 5.61. The number of allylic oxidation sites excluding steroid dienone is 2. The molecule has 0 radical (unpaired) electrons. The number of benzene rings is 2. The average Bonchev–Trinajstić information content (AvgIpc) is 2.91. The van der Waals surface area contributed by atoms with Crippen LogP contribution in [0.2, 0.25) is 0 Å². The lowest BCUT2D eigenvalue weighted by Gasteiger charge is -2.24. The summed E-state index contributed by atoms with van der Waals surface area (Å²) in [5, 5.41) is 13.9. The highest BCUT2D eigenvalue weighted by molar-refractivity contribution is 6.01. The molecule has 0 aliphatic carbocycles. The first-order valence-corrected chi connectivity index (χ1v) is 9.53. The second-order valence-corrected chi connectivity index (χ2v) is 7.86. The van der Waals surface area contributed by atoms with Crippen molar-refractivity contribution < 1.29 is 14.7 Å². The standard InChI is InChI=1S/C23H21N3O4/c1-23(2)17-10-6-7-11-18(17)25(3)19(23)12-14(27)13-26-21(28)16-9-5-4-8-15(16)20(24-26)22(29)30/h4-12H,13H2,1-3H3,(H,29,30)/b19-12-. The number of para-hydroxylation sites is 1. The molecular formula is C23H21N3O4. The van der Waals surface area contributed by atoms with Crippen LogP contribution in [0.15, 0.2) is 65.1 Å². The molecule has 2 heterocycles. The molecule has 0 unspecified atom stereocenters. The van der Waals surface area contributed by atoms with E-state index in [0.29, 0.717) is 0 Å². The number of carboxylic acid groups (broad SMARTS) is 1. The van der Waals surface area contributed by atoms with Gasteiger partial charge in [-0.25, -0.2) is 9.48 Å². The number of ketones is 1. The lowest BCUT2D eigenvalue weighted by molar-refractivity contribution is -0.115. The van der Waals surface area contributed by atoms with Gasteiger partial charge in [0.2, 0.25) is 0 Å². The molecule has 0 amide bonds. The molecule has 0 saturated carbocycles.